The zero-order valence-corrected chi connectivity index (χ0v) is 13.9. The van der Waals surface area contributed by atoms with E-state index in [0.29, 0.717) is 29.4 Å². The Morgan fingerprint density at radius 3 is 2.88 bits per heavy atom. The average Bonchev–Trinajstić information content (AvgIpc) is 3.10. The van der Waals surface area contributed by atoms with E-state index in [1.807, 2.05) is 18.4 Å². The molecule has 0 aliphatic rings. The SMILES string of the molecule is CCOc1cccc(C(=O)C=Cc2csc(-c3ncccn3)n2)c1. The first-order chi connectivity index (χ1) is 11.8. The van der Waals surface area contributed by atoms with Crippen molar-refractivity contribution >= 4 is 23.2 Å². The highest BCUT2D eigenvalue weighted by molar-refractivity contribution is 7.13. The summed E-state index contributed by atoms with van der Waals surface area (Å²) in [5.74, 6) is 1.17. The second kappa shape index (κ2) is 7.61. The summed E-state index contributed by atoms with van der Waals surface area (Å²) in [5.41, 5.74) is 1.29. The number of thiazole rings is 1. The minimum absolute atomic E-state index is 0.0953. The van der Waals surface area contributed by atoms with E-state index < -0.39 is 0 Å². The second-order valence-corrected chi connectivity index (χ2v) is 5.67. The van der Waals surface area contributed by atoms with Crippen LogP contribution in [0.2, 0.25) is 0 Å². The van der Waals surface area contributed by atoms with Crippen LogP contribution < -0.4 is 4.74 Å². The summed E-state index contributed by atoms with van der Waals surface area (Å²) in [6.45, 7) is 2.47. The predicted octanol–water partition coefficient (Wildman–Crippen LogP) is 3.89. The third kappa shape index (κ3) is 3.91. The zero-order valence-electron chi connectivity index (χ0n) is 13.0. The van der Waals surface area contributed by atoms with Crippen molar-refractivity contribution in [3.8, 4) is 16.6 Å². The Morgan fingerprint density at radius 1 is 1.25 bits per heavy atom. The zero-order chi connectivity index (χ0) is 16.8. The number of hydrogen-bond donors (Lipinski definition) is 0. The molecule has 0 aliphatic heterocycles. The first-order valence-electron chi connectivity index (χ1n) is 7.44. The van der Waals surface area contributed by atoms with E-state index in [0.717, 1.165) is 5.01 Å². The first-order valence-corrected chi connectivity index (χ1v) is 8.32. The molecule has 0 radical (unpaired) electrons. The summed E-state index contributed by atoms with van der Waals surface area (Å²) in [6, 6.07) is 8.89. The number of carbonyl (C=O) groups is 1. The monoisotopic (exact) mass is 337 g/mol. The molecule has 0 bridgehead atoms. The van der Waals surface area contributed by atoms with Gasteiger partial charge in [0.25, 0.3) is 0 Å². The molecule has 6 heteroatoms. The molecule has 0 saturated carbocycles. The van der Waals surface area contributed by atoms with Gasteiger partial charge in [-0.25, -0.2) is 15.0 Å². The van der Waals surface area contributed by atoms with Crippen LogP contribution in [0.25, 0.3) is 16.9 Å². The number of benzene rings is 1. The molecule has 120 valence electrons. The lowest BCUT2D eigenvalue weighted by molar-refractivity contribution is 0.104. The minimum atomic E-state index is -0.0953. The van der Waals surface area contributed by atoms with Gasteiger partial charge >= 0.3 is 0 Å². The van der Waals surface area contributed by atoms with Crippen LogP contribution in [0.4, 0.5) is 0 Å². The lowest BCUT2D eigenvalue weighted by atomic mass is 10.1. The molecule has 24 heavy (non-hydrogen) atoms. The Kier molecular flexibility index (Phi) is 5.08. The van der Waals surface area contributed by atoms with Gasteiger partial charge in [-0.05, 0) is 37.3 Å². The van der Waals surface area contributed by atoms with E-state index in [1.54, 1.807) is 42.7 Å². The highest BCUT2D eigenvalue weighted by Gasteiger charge is 2.07. The van der Waals surface area contributed by atoms with Gasteiger partial charge in [0.2, 0.25) is 0 Å². The number of hydrogen-bond acceptors (Lipinski definition) is 6. The van der Waals surface area contributed by atoms with E-state index in [2.05, 4.69) is 15.0 Å². The van der Waals surface area contributed by atoms with Gasteiger partial charge < -0.3 is 4.74 Å². The van der Waals surface area contributed by atoms with Crippen LogP contribution in [0.15, 0.2) is 54.2 Å². The van der Waals surface area contributed by atoms with Crippen molar-refractivity contribution in [3.05, 3.63) is 65.4 Å². The molecule has 0 amide bonds. The Labute approximate surface area is 143 Å². The number of rotatable bonds is 6. The van der Waals surface area contributed by atoms with Crippen molar-refractivity contribution in [2.45, 2.75) is 6.92 Å². The molecular formula is C18H15N3O2S. The van der Waals surface area contributed by atoms with Crippen molar-refractivity contribution in [3.63, 3.8) is 0 Å². The number of allylic oxidation sites excluding steroid dienone is 1. The van der Waals surface area contributed by atoms with Crippen LogP contribution in [0.1, 0.15) is 23.0 Å². The molecule has 0 fully saturated rings. The summed E-state index contributed by atoms with van der Waals surface area (Å²) >= 11 is 1.44. The predicted molar refractivity (Wildman–Crippen MR) is 94.1 cm³/mol. The fraction of sp³-hybridized carbons (Fsp3) is 0.111. The van der Waals surface area contributed by atoms with Crippen LogP contribution >= 0.6 is 11.3 Å². The smallest absolute Gasteiger partial charge is 0.188 e. The maximum atomic E-state index is 12.3. The van der Waals surface area contributed by atoms with Gasteiger partial charge in [0.05, 0.1) is 12.3 Å². The summed E-state index contributed by atoms with van der Waals surface area (Å²) in [5, 5.41) is 2.59. The van der Waals surface area contributed by atoms with Gasteiger partial charge in [0, 0.05) is 23.3 Å². The minimum Gasteiger partial charge on any atom is -0.494 e. The van der Waals surface area contributed by atoms with Crippen LogP contribution in [-0.4, -0.2) is 27.3 Å². The number of ketones is 1. The van der Waals surface area contributed by atoms with Crippen molar-refractivity contribution in [1.82, 2.24) is 15.0 Å². The quantitative estimate of drug-likeness (QED) is 0.504. The molecular weight excluding hydrogens is 322 g/mol. The lowest BCUT2D eigenvalue weighted by Crippen LogP contribution is -1.97. The van der Waals surface area contributed by atoms with Crippen molar-refractivity contribution < 1.29 is 9.53 Å². The standard InChI is InChI=1S/C18H15N3O2S/c1-2-23-15-6-3-5-13(11-15)16(22)8-7-14-12-24-18(21-14)17-19-9-4-10-20-17/h3-12H,2H2,1H3. The van der Waals surface area contributed by atoms with Gasteiger partial charge in [0.1, 0.15) is 5.75 Å². The Morgan fingerprint density at radius 2 is 2.08 bits per heavy atom. The molecule has 0 saturated heterocycles. The Bertz CT molecular complexity index is 859. The van der Waals surface area contributed by atoms with Gasteiger partial charge in [-0.1, -0.05) is 12.1 Å². The van der Waals surface area contributed by atoms with Crippen molar-refractivity contribution in [1.29, 1.82) is 0 Å². The Hall–Kier alpha value is -2.86. The molecule has 0 aliphatic carbocycles. The summed E-state index contributed by atoms with van der Waals surface area (Å²) < 4.78 is 5.41. The van der Waals surface area contributed by atoms with Crippen LogP contribution in [0, 0.1) is 0 Å². The molecule has 0 atom stereocenters. The molecule has 1 aromatic carbocycles. The third-order valence-electron chi connectivity index (χ3n) is 3.11. The van der Waals surface area contributed by atoms with Gasteiger partial charge in [0.15, 0.2) is 16.6 Å². The van der Waals surface area contributed by atoms with Gasteiger partial charge in [-0.3, -0.25) is 4.79 Å². The van der Waals surface area contributed by atoms with Gasteiger partial charge in [-0.2, -0.15) is 0 Å². The van der Waals surface area contributed by atoms with Crippen LogP contribution in [0.3, 0.4) is 0 Å². The molecule has 3 aromatic rings. The third-order valence-corrected chi connectivity index (χ3v) is 3.97. The first kappa shape index (κ1) is 16.0. The number of aromatic nitrogens is 3. The molecule has 5 nitrogen and oxygen atoms in total. The van der Waals surface area contributed by atoms with Crippen LogP contribution in [0.5, 0.6) is 5.75 Å². The van der Waals surface area contributed by atoms with Crippen molar-refractivity contribution in [2.75, 3.05) is 6.61 Å². The Balaban J connectivity index is 1.73. The highest BCUT2D eigenvalue weighted by atomic mass is 32.1. The van der Waals surface area contributed by atoms with Gasteiger partial charge in [-0.15, -0.1) is 11.3 Å². The lowest BCUT2D eigenvalue weighted by Gasteiger charge is -2.03. The molecule has 3 rings (SSSR count). The molecule has 2 heterocycles. The summed E-state index contributed by atoms with van der Waals surface area (Å²) in [7, 11) is 0. The van der Waals surface area contributed by atoms with E-state index >= 15 is 0 Å². The fourth-order valence-electron chi connectivity index (χ4n) is 2.04. The normalized spacial score (nSPS) is 10.9. The average molecular weight is 337 g/mol. The molecule has 2 aromatic heterocycles. The number of ether oxygens (including phenoxy) is 1. The van der Waals surface area contributed by atoms with E-state index in [4.69, 9.17) is 4.74 Å². The molecule has 0 N–H and O–H groups in total. The second-order valence-electron chi connectivity index (χ2n) is 4.81. The van der Waals surface area contributed by atoms with E-state index in [-0.39, 0.29) is 5.78 Å². The van der Waals surface area contributed by atoms with E-state index in [1.165, 1.54) is 17.4 Å². The maximum Gasteiger partial charge on any atom is 0.188 e. The molecule has 0 spiro atoms. The number of nitrogens with zero attached hydrogens (tertiary/aromatic N) is 3. The van der Waals surface area contributed by atoms with E-state index in [9.17, 15) is 4.79 Å². The van der Waals surface area contributed by atoms with Crippen LogP contribution in [-0.2, 0) is 0 Å². The topological polar surface area (TPSA) is 65.0 Å². The van der Waals surface area contributed by atoms with Crippen molar-refractivity contribution in [2.24, 2.45) is 0 Å². The summed E-state index contributed by atoms with van der Waals surface area (Å²) in [6.07, 6.45) is 6.55. The highest BCUT2D eigenvalue weighted by Crippen LogP contribution is 2.20. The number of carbonyl (C=O) groups excluding carboxylic acids is 1. The largest absolute Gasteiger partial charge is 0.494 e. The maximum absolute atomic E-state index is 12.3. The fourth-order valence-corrected chi connectivity index (χ4v) is 2.77. The molecule has 0 unspecified atom stereocenters. The summed E-state index contributed by atoms with van der Waals surface area (Å²) in [4.78, 5) is 25.0.